The van der Waals surface area contributed by atoms with Crippen molar-refractivity contribution in [3.8, 4) is 0 Å². The zero-order chi connectivity index (χ0) is 20.2. The number of benzene rings is 1. The molecule has 2 aliphatic rings. The van der Waals surface area contributed by atoms with E-state index in [1.165, 1.54) is 18.4 Å². The van der Waals surface area contributed by atoms with Crippen LogP contribution in [0, 0.1) is 0 Å². The zero-order valence-electron chi connectivity index (χ0n) is 17.7. The van der Waals surface area contributed by atoms with Crippen LogP contribution in [0.4, 0.5) is 0 Å². The van der Waals surface area contributed by atoms with Crippen LogP contribution in [0.2, 0.25) is 0 Å². The molecular weight excluding hydrogens is 360 g/mol. The lowest BCUT2D eigenvalue weighted by atomic mass is 9.95. The van der Waals surface area contributed by atoms with E-state index in [-0.39, 0.29) is 5.91 Å². The van der Waals surface area contributed by atoms with Gasteiger partial charge >= 0.3 is 0 Å². The van der Waals surface area contributed by atoms with E-state index in [4.69, 9.17) is 9.97 Å². The second-order valence-corrected chi connectivity index (χ2v) is 8.54. The Morgan fingerprint density at radius 1 is 1.21 bits per heavy atom. The maximum atomic E-state index is 11.7. The lowest BCUT2D eigenvalue weighted by Crippen LogP contribution is -2.37. The summed E-state index contributed by atoms with van der Waals surface area (Å²) in [6, 6.07) is 11.1. The van der Waals surface area contributed by atoms with Crippen molar-refractivity contribution in [1.82, 2.24) is 19.8 Å². The minimum atomic E-state index is 0.130. The first-order valence-electron chi connectivity index (χ1n) is 11.0. The molecular formula is C24H32N4O. The van der Waals surface area contributed by atoms with E-state index >= 15 is 0 Å². The summed E-state index contributed by atoms with van der Waals surface area (Å²) >= 11 is 0. The van der Waals surface area contributed by atoms with Crippen molar-refractivity contribution in [2.45, 2.75) is 64.5 Å². The number of fused-ring (bicyclic) bond motifs is 1. The van der Waals surface area contributed by atoms with Crippen LogP contribution in [0.15, 0.2) is 36.5 Å². The molecule has 2 atom stereocenters. The van der Waals surface area contributed by atoms with Crippen LogP contribution < -0.4 is 0 Å². The van der Waals surface area contributed by atoms with Gasteiger partial charge in [-0.2, -0.15) is 0 Å². The molecule has 0 unspecified atom stereocenters. The number of likely N-dealkylation sites (tertiary alicyclic amines) is 1. The Kier molecular flexibility index (Phi) is 6.24. The zero-order valence-corrected chi connectivity index (χ0v) is 17.7. The number of nitrogens with zero attached hydrogens (tertiary/aromatic N) is 4. The molecule has 0 aliphatic carbocycles. The number of piperidine rings is 1. The van der Waals surface area contributed by atoms with Crippen molar-refractivity contribution in [2.24, 2.45) is 0 Å². The third-order valence-corrected chi connectivity index (χ3v) is 6.53. The molecule has 1 aromatic heterocycles. The monoisotopic (exact) mass is 392 g/mol. The maximum Gasteiger partial charge on any atom is 0.219 e. The lowest BCUT2D eigenvalue weighted by Gasteiger charge is -2.36. The van der Waals surface area contributed by atoms with E-state index in [0.29, 0.717) is 18.5 Å². The van der Waals surface area contributed by atoms with Crippen molar-refractivity contribution >= 4 is 5.91 Å². The molecule has 5 heteroatoms. The summed E-state index contributed by atoms with van der Waals surface area (Å²) in [5.74, 6) is 1.67. The van der Waals surface area contributed by atoms with Crippen LogP contribution in [0.3, 0.4) is 0 Å². The highest BCUT2D eigenvalue weighted by Gasteiger charge is 2.28. The molecule has 5 nitrogen and oxygen atoms in total. The van der Waals surface area contributed by atoms with E-state index in [1.807, 2.05) is 11.1 Å². The average molecular weight is 393 g/mol. The first-order chi connectivity index (χ1) is 14.1. The number of carbonyl (C=O) groups is 1. The van der Waals surface area contributed by atoms with Gasteiger partial charge in [0.1, 0.15) is 5.82 Å². The quantitative estimate of drug-likeness (QED) is 0.769. The van der Waals surface area contributed by atoms with E-state index in [9.17, 15) is 4.79 Å². The van der Waals surface area contributed by atoms with Gasteiger partial charge in [0.15, 0.2) is 0 Å². The fraction of sp³-hybridized carbons (Fsp3) is 0.542. The second kappa shape index (κ2) is 9.04. The molecule has 2 aliphatic heterocycles. The van der Waals surface area contributed by atoms with E-state index in [1.54, 1.807) is 6.92 Å². The fourth-order valence-electron chi connectivity index (χ4n) is 4.62. The molecule has 0 radical (unpaired) electrons. The average Bonchev–Trinajstić information content (AvgIpc) is 2.77. The van der Waals surface area contributed by atoms with E-state index in [2.05, 4.69) is 42.2 Å². The molecule has 0 N–H and O–H groups in total. The third-order valence-electron chi connectivity index (χ3n) is 6.53. The summed E-state index contributed by atoms with van der Waals surface area (Å²) in [4.78, 5) is 25.9. The summed E-state index contributed by atoms with van der Waals surface area (Å²) in [5.41, 5.74) is 3.66. The van der Waals surface area contributed by atoms with E-state index in [0.717, 1.165) is 56.0 Å². The highest BCUT2D eigenvalue weighted by molar-refractivity contribution is 5.73. The van der Waals surface area contributed by atoms with Crippen molar-refractivity contribution in [3.05, 3.63) is 59.2 Å². The Balaban J connectivity index is 1.44. The minimum Gasteiger partial charge on any atom is -0.338 e. The fourth-order valence-corrected chi connectivity index (χ4v) is 4.62. The van der Waals surface area contributed by atoms with Crippen molar-refractivity contribution < 1.29 is 4.79 Å². The first kappa shape index (κ1) is 20.0. The first-order valence-corrected chi connectivity index (χ1v) is 11.0. The smallest absolute Gasteiger partial charge is 0.219 e. The maximum absolute atomic E-state index is 11.7. The highest BCUT2D eigenvalue weighted by Crippen LogP contribution is 2.31. The van der Waals surface area contributed by atoms with Crippen LogP contribution in [-0.2, 0) is 17.8 Å². The van der Waals surface area contributed by atoms with Gasteiger partial charge in [-0.1, -0.05) is 43.7 Å². The molecule has 1 aromatic carbocycles. The van der Waals surface area contributed by atoms with Gasteiger partial charge in [0, 0.05) is 38.2 Å². The van der Waals surface area contributed by atoms with E-state index < -0.39 is 0 Å². The van der Waals surface area contributed by atoms with Crippen LogP contribution >= 0.6 is 0 Å². The van der Waals surface area contributed by atoms with Crippen LogP contribution in [0.5, 0.6) is 0 Å². The Labute approximate surface area is 174 Å². The van der Waals surface area contributed by atoms with Crippen molar-refractivity contribution in [2.75, 3.05) is 19.6 Å². The molecule has 29 heavy (non-hydrogen) atoms. The number of aromatic nitrogens is 2. The predicted molar refractivity (Wildman–Crippen MR) is 114 cm³/mol. The van der Waals surface area contributed by atoms with Gasteiger partial charge in [-0.15, -0.1) is 0 Å². The summed E-state index contributed by atoms with van der Waals surface area (Å²) in [6.07, 6.45) is 7.59. The van der Waals surface area contributed by atoms with Gasteiger partial charge < -0.3 is 4.90 Å². The van der Waals surface area contributed by atoms with Gasteiger partial charge in [0.25, 0.3) is 0 Å². The molecule has 4 rings (SSSR count). The van der Waals surface area contributed by atoms with Crippen molar-refractivity contribution in [1.29, 1.82) is 0 Å². The highest BCUT2D eigenvalue weighted by atomic mass is 16.2. The standard InChI is InChI=1S/C24H32N4O/c1-18(20-8-4-3-5-9-20)11-14-27-13-7-6-10-23(27)24-25-16-21-17-28(19(2)29)15-12-22(21)26-24/h3-5,8-9,16,18,23H,6-7,10-15,17H2,1-2H3/t18-,23-/m0/s1. The number of hydrogen-bond donors (Lipinski definition) is 0. The summed E-state index contributed by atoms with van der Waals surface area (Å²) in [7, 11) is 0. The number of amides is 1. The Morgan fingerprint density at radius 3 is 2.83 bits per heavy atom. The number of rotatable bonds is 5. The Hall–Kier alpha value is -2.27. The van der Waals surface area contributed by atoms with Crippen LogP contribution in [0.1, 0.15) is 74.1 Å². The van der Waals surface area contributed by atoms with Gasteiger partial charge in [-0.05, 0) is 43.8 Å². The Bertz CT molecular complexity index is 838. The topological polar surface area (TPSA) is 49.3 Å². The predicted octanol–water partition coefficient (Wildman–Crippen LogP) is 4.10. The van der Waals surface area contributed by atoms with Gasteiger partial charge in [0.2, 0.25) is 5.91 Å². The normalized spacial score (nSPS) is 20.9. The molecule has 0 saturated carbocycles. The summed E-state index contributed by atoms with van der Waals surface area (Å²) in [6.45, 7) is 7.58. The third kappa shape index (κ3) is 4.67. The summed E-state index contributed by atoms with van der Waals surface area (Å²) < 4.78 is 0. The van der Waals surface area contributed by atoms with Gasteiger partial charge in [-0.3, -0.25) is 9.69 Å². The molecule has 1 fully saturated rings. The van der Waals surface area contributed by atoms with Gasteiger partial charge in [-0.25, -0.2) is 9.97 Å². The van der Waals surface area contributed by atoms with Crippen LogP contribution in [-0.4, -0.2) is 45.3 Å². The number of hydrogen-bond acceptors (Lipinski definition) is 4. The molecule has 1 amide bonds. The number of carbonyl (C=O) groups excluding carboxylic acids is 1. The minimum absolute atomic E-state index is 0.130. The molecule has 154 valence electrons. The molecule has 2 aromatic rings. The second-order valence-electron chi connectivity index (χ2n) is 8.54. The molecule has 1 saturated heterocycles. The lowest BCUT2D eigenvalue weighted by molar-refractivity contribution is -0.129. The van der Waals surface area contributed by atoms with Gasteiger partial charge in [0.05, 0.1) is 11.7 Å². The van der Waals surface area contributed by atoms with Crippen LogP contribution in [0.25, 0.3) is 0 Å². The molecule has 3 heterocycles. The molecule has 0 bridgehead atoms. The SMILES string of the molecule is CC(=O)N1CCc2nc([C@@H]3CCCCN3CC[C@H](C)c3ccccc3)ncc2C1. The largest absolute Gasteiger partial charge is 0.338 e. The van der Waals surface area contributed by atoms with Crippen molar-refractivity contribution in [3.63, 3.8) is 0 Å². The molecule has 0 spiro atoms. The summed E-state index contributed by atoms with van der Waals surface area (Å²) in [5, 5.41) is 0. The Morgan fingerprint density at radius 2 is 2.03 bits per heavy atom.